The zero-order valence-corrected chi connectivity index (χ0v) is 25.6. The molecule has 0 bridgehead atoms. The van der Waals surface area contributed by atoms with E-state index in [1.165, 1.54) is 43.4 Å². The smallest absolute Gasteiger partial charge is 0.0245 e. The van der Waals surface area contributed by atoms with Gasteiger partial charge in [-0.05, 0) is 49.9 Å². The van der Waals surface area contributed by atoms with E-state index in [1.807, 2.05) is 60.8 Å². The van der Waals surface area contributed by atoms with Crippen LogP contribution in [0.4, 0.5) is 0 Å². The third-order valence-corrected chi connectivity index (χ3v) is 7.46. The molecular formula is C40H26IrN2-2. The van der Waals surface area contributed by atoms with Crippen LogP contribution in [0, 0.1) is 12.1 Å². The summed E-state index contributed by atoms with van der Waals surface area (Å²) in [6, 6.07) is 56.3. The number of benzene rings is 6. The van der Waals surface area contributed by atoms with Gasteiger partial charge in [0.05, 0.1) is 0 Å². The van der Waals surface area contributed by atoms with E-state index < -0.39 is 0 Å². The average Bonchev–Trinajstić information content (AvgIpc) is 3.10. The van der Waals surface area contributed by atoms with Gasteiger partial charge in [0.1, 0.15) is 0 Å². The van der Waals surface area contributed by atoms with Crippen molar-refractivity contribution in [2.75, 3.05) is 0 Å². The van der Waals surface area contributed by atoms with Crippen LogP contribution in [-0.4, -0.2) is 9.97 Å². The fraction of sp³-hybridized carbons (Fsp3) is 0. The number of rotatable bonds is 3. The molecule has 0 aliphatic carbocycles. The molecule has 2 nitrogen and oxygen atoms in total. The van der Waals surface area contributed by atoms with Gasteiger partial charge < -0.3 is 9.97 Å². The van der Waals surface area contributed by atoms with E-state index in [9.17, 15) is 0 Å². The Morgan fingerprint density at radius 2 is 1.02 bits per heavy atom. The van der Waals surface area contributed by atoms with Gasteiger partial charge in [-0.1, -0.05) is 97.1 Å². The summed E-state index contributed by atoms with van der Waals surface area (Å²) in [6.45, 7) is 0. The molecule has 1 radical (unpaired) electrons. The van der Waals surface area contributed by atoms with E-state index >= 15 is 0 Å². The van der Waals surface area contributed by atoms with Gasteiger partial charge in [-0.3, -0.25) is 0 Å². The van der Waals surface area contributed by atoms with Crippen molar-refractivity contribution in [3.8, 4) is 33.6 Å². The van der Waals surface area contributed by atoms with Gasteiger partial charge in [-0.25, -0.2) is 0 Å². The Morgan fingerprint density at radius 3 is 1.70 bits per heavy atom. The van der Waals surface area contributed by atoms with Crippen LogP contribution in [0.5, 0.6) is 0 Å². The molecule has 0 aliphatic rings. The number of nitrogens with zero attached hydrogens (tertiary/aromatic N) is 2. The van der Waals surface area contributed by atoms with Crippen molar-refractivity contribution < 1.29 is 20.1 Å². The van der Waals surface area contributed by atoms with Crippen LogP contribution in [0.3, 0.4) is 0 Å². The van der Waals surface area contributed by atoms with Crippen molar-refractivity contribution in [2.24, 2.45) is 0 Å². The van der Waals surface area contributed by atoms with E-state index in [0.717, 1.165) is 22.5 Å². The molecule has 8 aromatic rings. The Morgan fingerprint density at radius 1 is 0.395 bits per heavy atom. The summed E-state index contributed by atoms with van der Waals surface area (Å²) in [5.74, 6) is 0. The molecule has 43 heavy (non-hydrogen) atoms. The Bertz CT molecular complexity index is 2050. The molecule has 2 heterocycles. The molecule has 0 saturated carbocycles. The van der Waals surface area contributed by atoms with Crippen LogP contribution >= 0.6 is 0 Å². The molecule has 0 aliphatic heterocycles. The molecule has 0 atom stereocenters. The number of hydrogen-bond acceptors (Lipinski definition) is 2. The van der Waals surface area contributed by atoms with E-state index in [4.69, 9.17) is 4.98 Å². The third kappa shape index (κ3) is 5.87. The van der Waals surface area contributed by atoms with Crippen molar-refractivity contribution >= 4 is 32.3 Å². The van der Waals surface area contributed by atoms with Gasteiger partial charge in [0.15, 0.2) is 0 Å². The Hall–Kier alpha value is -4.95. The summed E-state index contributed by atoms with van der Waals surface area (Å²) in [5, 5.41) is 7.47. The van der Waals surface area contributed by atoms with Crippen LogP contribution in [0.1, 0.15) is 0 Å². The van der Waals surface area contributed by atoms with Gasteiger partial charge in [0, 0.05) is 37.9 Å². The second kappa shape index (κ2) is 12.9. The first-order valence-corrected chi connectivity index (χ1v) is 14.0. The molecule has 3 heteroatoms. The molecule has 6 aromatic carbocycles. The zero-order valence-electron chi connectivity index (χ0n) is 23.2. The Kier molecular flexibility index (Phi) is 8.47. The van der Waals surface area contributed by atoms with Gasteiger partial charge in [0.2, 0.25) is 0 Å². The molecule has 0 N–H and O–H groups in total. The van der Waals surface area contributed by atoms with E-state index in [1.54, 1.807) is 6.20 Å². The summed E-state index contributed by atoms with van der Waals surface area (Å²) < 4.78 is 0. The van der Waals surface area contributed by atoms with Crippen molar-refractivity contribution in [1.82, 2.24) is 9.97 Å². The molecule has 2 aromatic heterocycles. The molecule has 8 rings (SSSR count). The maximum atomic E-state index is 4.84. The normalized spacial score (nSPS) is 10.6. The van der Waals surface area contributed by atoms with Crippen molar-refractivity contribution in [2.45, 2.75) is 0 Å². The van der Waals surface area contributed by atoms with Crippen molar-refractivity contribution in [3.63, 3.8) is 0 Å². The zero-order chi connectivity index (χ0) is 28.1. The summed E-state index contributed by atoms with van der Waals surface area (Å²) in [6.07, 6.45) is 3.80. The molecule has 0 spiro atoms. The van der Waals surface area contributed by atoms with Crippen LogP contribution in [0.2, 0.25) is 0 Å². The van der Waals surface area contributed by atoms with Gasteiger partial charge >= 0.3 is 0 Å². The number of hydrogen-bond donors (Lipinski definition) is 0. The maximum Gasteiger partial charge on any atom is 0.0245 e. The van der Waals surface area contributed by atoms with Crippen LogP contribution in [-0.2, 0) is 20.1 Å². The molecule has 0 amide bonds. The van der Waals surface area contributed by atoms with Crippen LogP contribution in [0.15, 0.2) is 158 Å². The average molecular weight is 727 g/mol. The number of pyridine rings is 2. The monoisotopic (exact) mass is 727 g/mol. The summed E-state index contributed by atoms with van der Waals surface area (Å²) in [7, 11) is 0. The summed E-state index contributed by atoms with van der Waals surface area (Å²) in [5.41, 5.74) is 6.34. The predicted octanol–water partition coefficient (Wildman–Crippen LogP) is 10.2. The molecule has 0 saturated heterocycles. The minimum Gasteiger partial charge on any atom is -0.305 e. The SMILES string of the molecule is [Ir].[c-]1ccc(-c2ccccc2)cc1-c1cc2c3ccccc3c3ccccc3c2cn1.[c-]1ccccc1-c1ccccn1. The van der Waals surface area contributed by atoms with E-state index in [2.05, 4.69) is 108 Å². The van der Waals surface area contributed by atoms with Crippen LogP contribution < -0.4 is 0 Å². The quantitative estimate of drug-likeness (QED) is 0.134. The topological polar surface area (TPSA) is 25.8 Å². The largest absolute Gasteiger partial charge is 0.305 e. The number of fused-ring (bicyclic) bond motifs is 6. The predicted molar refractivity (Wildman–Crippen MR) is 175 cm³/mol. The maximum absolute atomic E-state index is 4.84. The first kappa shape index (κ1) is 28.2. The standard InChI is InChI=1S/C29H18N.C11H8N.Ir/c1-2-9-20(10-3-1)21-11-8-12-22(17-21)29-18-27-25-15-6-4-13-23(25)24-14-5-7-16-26(24)28(27)19-30-29;1-2-6-10(7-3-1)11-8-4-5-9-12-11;/h1-11,13-19H;1-6,8-9H;/q2*-1;. The van der Waals surface area contributed by atoms with E-state index in [0.29, 0.717) is 0 Å². The summed E-state index contributed by atoms with van der Waals surface area (Å²) >= 11 is 0. The van der Waals surface area contributed by atoms with Gasteiger partial charge in [-0.15, -0.1) is 71.3 Å². The second-order valence-corrected chi connectivity index (χ2v) is 10.1. The first-order chi connectivity index (χ1) is 20.8. The Balaban J connectivity index is 0.000000213. The molecule has 0 unspecified atom stereocenters. The fourth-order valence-electron chi connectivity index (χ4n) is 5.45. The fourth-order valence-corrected chi connectivity index (χ4v) is 5.45. The van der Waals surface area contributed by atoms with Gasteiger partial charge in [-0.2, -0.15) is 0 Å². The summed E-state index contributed by atoms with van der Waals surface area (Å²) in [4.78, 5) is 9.06. The molecular weight excluding hydrogens is 701 g/mol. The third-order valence-electron chi connectivity index (χ3n) is 7.46. The second-order valence-electron chi connectivity index (χ2n) is 10.1. The van der Waals surface area contributed by atoms with Crippen molar-refractivity contribution in [3.05, 3.63) is 170 Å². The van der Waals surface area contributed by atoms with Gasteiger partial charge in [0.25, 0.3) is 0 Å². The Labute approximate surface area is 265 Å². The minimum absolute atomic E-state index is 0. The first-order valence-electron chi connectivity index (χ1n) is 14.0. The minimum atomic E-state index is 0. The molecule has 207 valence electrons. The molecule has 0 fully saturated rings. The number of aromatic nitrogens is 2. The van der Waals surface area contributed by atoms with E-state index in [-0.39, 0.29) is 20.1 Å². The van der Waals surface area contributed by atoms with Crippen molar-refractivity contribution in [1.29, 1.82) is 0 Å². The van der Waals surface area contributed by atoms with Crippen LogP contribution in [0.25, 0.3) is 66.0 Å².